The van der Waals surface area contributed by atoms with E-state index in [0.717, 1.165) is 0 Å². The maximum absolute atomic E-state index is 10.00. The van der Waals surface area contributed by atoms with Gasteiger partial charge in [0, 0.05) is 0 Å². The van der Waals surface area contributed by atoms with E-state index < -0.39 is 74.6 Å². The van der Waals surface area contributed by atoms with Crippen molar-refractivity contribution in [3.63, 3.8) is 0 Å². The molecule has 136 valence electrons. The first-order valence-corrected chi connectivity index (χ1v) is 7.05. The predicted octanol–water partition coefficient (Wildman–Crippen LogP) is -5.40. The Labute approximate surface area is 130 Å². The second-order valence-electron chi connectivity index (χ2n) is 5.56. The Hall–Kier alpha value is -0.440. The molecule has 0 spiro atoms. The molecule has 0 aromatic rings. The Kier molecular flexibility index (Phi) is 5.92. The standard InChI is InChI=1S/C12H22O11/c13-1-4-6(16)8(18)9(19)11(21-4)23-12(3-15)10(20)7(17)5(2-14)22-12/h4-11,13-20H,1-3H2/t4-,5+,6-,7-,8+,9-,10+,11-,12-/m1/s1. The van der Waals surface area contributed by atoms with E-state index in [9.17, 15) is 30.6 Å². The fraction of sp³-hybridized carbons (Fsp3) is 1.00. The molecule has 2 saturated heterocycles. The average Bonchev–Trinajstić information content (AvgIpc) is 2.80. The van der Waals surface area contributed by atoms with Crippen LogP contribution in [0.5, 0.6) is 0 Å². The van der Waals surface area contributed by atoms with Gasteiger partial charge in [0.1, 0.15) is 49.3 Å². The molecule has 0 aliphatic carbocycles. The minimum Gasteiger partial charge on any atom is -0.394 e. The third-order valence-corrected chi connectivity index (χ3v) is 4.07. The zero-order chi connectivity index (χ0) is 17.4. The smallest absolute Gasteiger partial charge is 0.224 e. The zero-order valence-electron chi connectivity index (χ0n) is 12.0. The molecular weight excluding hydrogens is 320 g/mol. The van der Waals surface area contributed by atoms with E-state index in [4.69, 9.17) is 24.4 Å². The molecule has 2 rings (SSSR count). The maximum Gasteiger partial charge on any atom is 0.224 e. The van der Waals surface area contributed by atoms with Crippen LogP contribution in [-0.2, 0) is 14.2 Å². The van der Waals surface area contributed by atoms with Gasteiger partial charge in [-0.15, -0.1) is 0 Å². The molecule has 9 atom stereocenters. The zero-order valence-corrected chi connectivity index (χ0v) is 12.0. The third-order valence-electron chi connectivity index (χ3n) is 4.07. The van der Waals surface area contributed by atoms with Gasteiger partial charge in [-0.25, -0.2) is 0 Å². The van der Waals surface area contributed by atoms with E-state index in [2.05, 4.69) is 0 Å². The number of aliphatic hydroxyl groups is 8. The molecule has 2 fully saturated rings. The lowest BCUT2D eigenvalue weighted by Crippen LogP contribution is -2.62. The summed E-state index contributed by atoms with van der Waals surface area (Å²) in [6.45, 7) is -2.32. The highest BCUT2D eigenvalue weighted by Crippen LogP contribution is 2.35. The fourth-order valence-electron chi connectivity index (χ4n) is 2.63. The summed E-state index contributed by atoms with van der Waals surface area (Å²) in [5.41, 5.74) is 0. The predicted molar refractivity (Wildman–Crippen MR) is 68.6 cm³/mol. The van der Waals surface area contributed by atoms with Crippen molar-refractivity contribution >= 4 is 0 Å². The van der Waals surface area contributed by atoms with Gasteiger partial charge in [-0.05, 0) is 0 Å². The molecule has 0 amide bonds. The van der Waals surface area contributed by atoms with Crippen LogP contribution in [0.4, 0.5) is 0 Å². The van der Waals surface area contributed by atoms with Crippen molar-refractivity contribution in [2.24, 2.45) is 0 Å². The van der Waals surface area contributed by atoms with E-state index in [1.807, 2.05) is 0 Å². The summed E-state index contributed by atoms with van der Waals surface area (Å²) in [5, 5.41) is 76.7. The maximum atomic E-state index is 10.00. The van der Waals surface area contributed by atoms with E-state index in [1.165, 1.54) is 0 Å². The number of rotatable bonds is 5. The summed E-state index contributed by atoms with van der Waals surface area (Å²) in [6, 6.07) is 0. The van der Waals surface area contributed by atoms with E-state index in [-0.39, 0.29) is 0 Å². The highest BCUT2D eigenvalue weighted by molar-refractivity contribution is 4.98. The highest BCUT2D eigenvalue weighted by atomic mass is 16.8. The Balaban J connectivity index is 2.18. The SMILES string of the molecule is OC[C@@H]1O[C@](CO)(O[C@H]2O[C@H](CO)[C@@H](O)[C@H](O)[C@H]2O)[C@@H](O)[C@@H]1O. The van der Waals surface area contributed by atoms with Crippen LogP contribution >= 0.6 is 0 Å². The first-order chi connectivity index (χ1) is 10.8. The van der Waals surface area contributed by atoms with Crippen molar-refractivity contribution in [1.82, 2.24) is 0 Å². The average molecular weight is 342 g/mol. The van der Waals surface area contributed by atoms with Crippen molar-refractivity contribution in [2.45, 2.75) is 54.8 Å². The largest absolute Gasteiger partial charge is 0.394 e. The summed E-state index contributed by atoms with van der Waals surface area (Å²) in [6.07, 6.45) is -12.7. The second kappa shape index (κ2) is 7.21. The van der Waals surface area contributed by atoms with Crippen molar-refractivity contribution in [3.05, 3.63) is 0 Å². The topological polar surface area (TPSA) is 190 Å². The molecule has 0 aromatic heterocycles. The molecule has 2 heterocycles. The van der Waals surface area contributed by atoms with Gasteiger partial charge >= 0.3 is 0 Å². The van der Waals surface area contributed by atoms with Crippen LogP contribution in [0.15, 0.2) is 0 Å². The van der Waals surface area contributed by atoms with Gasteiger partial charge in [0.15, 0.2) is 6.29 Å². The van der Waals surface area contributed by atoms with Crippen LogP contribution in [0.25, 0.3) is 0 Å². The molecule has 0 saturated carbocycles. The molecule has 0 aromatic carbocycles. The van der Waals surface area contributed by atoms with E-state index in [1.54, 1.807) is 0 Å². The number of hydrogen-bond donors (Lipinski definition) is 8. The Morgan fingerprint density at radius 2 is 1.39 bits per heavy atom. The van der Waals surface area contributed by atoms with Crippen LogP contribution < -0.4 is 0 Å². The first kappa shape index (κ1) is 18.9. The molecule has 11 nitrogen and oxygen atoms in total. The molecule has 2 aliphatic rings. The Bertz CT molecular complexity index is 393. The number of hydrogen-bond acceptors (Lipinski definition) is 11. The molecule has 8 N–H and O–H groups in total. The van der Waals surface area contributed by atoms with Crippen molar-refractivity contribution < 1.29 is 55.1 Å². The van der Waals surface area contributed by atoms with Gasteiger partial charge in [0.05, 0.1) is 13.2 Å². The van der Waals surface area contributed by atoms with Gasteiger partial charge in [-0.2, -0.15) is 0 Å². The summed E-state index contributed by atoms with van der Waals surface area (Å²) < 4.78 is 15.4. The van der Waals surface area contributed by atoms with Crippen LogP contribution in [0.1, 0.15) is 0 Å². The fourth-order valence-corrected chi connectivity index (χ4v) is 2.63. The normalized spacial score (nSPS) is 51.1. The number of ether oxygens (including phenoxy) is 3. The minimum absolute atomic E-state index is 0.669. The molecule has 2 aliphatic heterocycles. The molecular formula is C12H22O11. The van der Waals surface area contributed by atoms with Crippen LogP contribution in [0.2, 0.25) is 0 Å². The van der Waals surface area contributed by atoms with Crippen molar-refractivity contribution in [2.75, 3.05) is 19.8 Å². The van der Waals surface area contributed by atoms with Gasteiger partial charge in [0.2, 0.25) is 5.79 Å². The summed E-state index contributed by atoms with van der Waals surface area (Å²) in [4.78, 5) is 0. The summed E-state index contributed by atoms with van der Waals surface area (Å²) in [5.74, 6) is -2.22. The van der Waals surface area contributed by atoms with Gasteiger partial charge in [0.25, 0.3) is 0 Å². The van der Waals surface area contributed by atoms with Crippen LogP contribution in [-0.4, -0.2) is 115 Å². The lowest BCUT2D eigenvalue weighted by Gasteiger charge is -2.43. The summed E-state index contributed by atoms with van der Waals surface area (Å²) in [7, 11) is 0. The lowest BCUT2D eigenvalue weighted by atomic mass is 9.99. The summed E-state index contributed by atoms with van der Waals surface area (Å²) >= 11 is 0. The highest BCUT2D eigenvalue weighted by Gasteiger charge is 2.58. The Morgan fingerprint density at radius 1 is 0.783 bits per heavy atom. The quantitative estimate of drug-likeness (QED) is 0.238. The molecule has 11 heteroatoms. The van der Waals surface area contributed by atoms with Crippen molar-refractivity contribution in [3.8, 4) is 0 Å². The second-order valence-corrected chi connectivity index (χ2v) is 5.56. The van der Waals surface area contributed by atoms with Crippen LogP contribution in [0, 0.1) is 0 Å². The van der Waals surface area contributed by atoms with Gasteiger partial charge in [-0.3, -0.25) is 0 Å². The molecule has 0 unspecified atom stereocenters. The van der Waals surface area contributed by atoms with Crippen molar-refractivity contribution in [1.29, 1.82) is 0 Å². The Morgan fingerprint density at radius 3 is 1.87 bits per heavy atom. The van der Waals surface area contributed by atoms with Gasteiger partial charge in [-0.1, -0.05) is 0 Å². The molecule has 23 heavy (non-hydrogen) atoms. The molecule has 0 radical (unpaired) electrons. The molecule has 0 bridgehead atoms. The lowest BCUT2D eigenvalue weighted by molar-refractivity contribution is -0.383. The van der Waals surface area contributed by atoms with E-state index >= 15 is 0 Å². The minimum atomic E-state index is -2.22. The number of aliphatic hydroxyl groups excluding tert-OH is 8. The first-order valence-electron chi connectivity index (χ1n) is 7.05. The third kappa shape index (κ3) is 3.23. The van der Waals surface area contributed by atoms with E-state index in [0.29, 0.717) is 0 Å². The van der Waals surface area contributed by atoms with Crippen LogP contribution in [0.3, 0.4) is 0 Å². The van der Waals surface area contributed by atoms with Gasteiger partial charge < -0.3 is 55.1 Å². The monoisotopic (exact) mass is 342 g/mol.